The van der Waals surface area contributed by atoms with E-state index in [0.29, 0.717) is 11.3 Å². The summed E-state index contributed by atoms with van der Waals surface area (Å²) in [5.41, 5.74) is 1.51. The summed E-state index contributed by atoms with van der Waals surface area (Å²) >= 11 is 0. The number of nitrogens with zero attached hydrogens (tertiary/aromatic N) is 1. The Morgan fingerprint density at radius 3 is 2.44 bits per heavy atom. The van der Waals surface area contributed by atoms with Gasteiger partial charge in [0, 0.05) is 18.8 Å². The van der Waals surface area contributed by atoms with Gasteiger partial charge in [-0.3, -0.25) is 4.72 Å². The first kappa shape index (κ1) is 19.2. The van der Waals surface area contributed by atoms with Crippen LogP contribution in [0.5, 0.6) is 0 Å². The van der Waals surface area contributed by atoms with Crippen LogP contribution in [0.4, 0.5) is 11.4 Å². The molecule has 6 nitrogen and oxygen atoms in total. The molecule has 3 rings (SSSR count). The van der Waals surface area contributed by atoms with Crippen LogP contribution in [0.2, 0.25) is 0 Å². The summed E-state index contributed by atoms with van der Waals surface area (Å²) in [6.07, 6.45) is 3.33. The first-order valence-corrected chi connectivity index (χ1v) is 10.6. The van der Waals surface area contributed by atoms with Gasteiger partial charge in [-0.2, -0.15) is 0 Å². The van der Waals surface area contributed by atoms with E-state index in [-0.39, 0.29) is 11.5 Å². The molecule has 1 aliphatic rings. The second-order valence-corrected chi connectivity index (χ2v) is 8.10. The first-order valence-electron chi connectivity index (χ1n) is 9.15. The standard InChI is InChI=1S/C20H24N2O4S/c1-2-26-20(23)18-15-16(11-12-19(18)22-13-7-4-8-14-22)21-27(24,25)17-9-5-3-6-10-17/h3,5-6,9-12,15,21H,2,4,7-8,13-14H2,1H3. The molecule has 2 aromatic rings. The molecule has 144 valence electrons. The molecule has 1 heterocycles. The number of hydrogen-bond acceptors (Lipinski definition) is 5. The topological polar surface area (TPSA) is 75.7 Å². The lowest BCUT2D eigenvalue weighted by molar-refractivity contribution is 0.0527. The Kier molecular flexibility index (Phi) is 6.01. The maximum atomic E-state index is 12.6. The van der Waals surface area contributed by atoms with Crippen molar-refractivity contribution in [3.63, 3.8) is 0 Å². The molecule has 0 aromatic heterocycles. The predicted molar refractivity (Wildman–Crippen MR) is 106 cm³/mol. The first-order chi connectivity index (χ1) is 13.0. The Balaban J connectivity index is 1.93. The summed E-state index contributed by atoms with van der Waals surface area (Å²) in [6, 6.07) is 13.2. The fourth-order valence-corrected chi connectivity index (χ4v) is 4.27. The molecule has 0 spiro atoms. The highest BCUT2D eigenvalue weighted by atomic mass is 32.2. The van der Waals surface area contributed by atoms with Gasteiger partial charge in [0.15, 0.2) is 0 Å². The van der Waals surface area contributed by atoms with Crippen LogP contribution in [-0.4, -0.2) is 34.1 Å². The smallest absolute Gasteiger partial charge is 0.340 e. The van der Waals surface area contributed by atoms with E-state index in [2.05, 4.69) is 9.62 Å². The monoisotopic (exact) mass is 388 g/mol. The second-order valence-electron chi connectivity index (χ2n) is 6.42. The summed E-state index contributed by atoms with van der Waals surface area (Å²) in [5.74, 6) is -0.446. The third-order valence-corrected chi connectivity index (χ3v) is 5.89. The summed E-state index contributed by atoms with van der Waals surface area (Å²) in [5, 5.41) is 0. The Morgan fingerprint density at radius 1 is 1.07 bits per heavy atom. The lowest BCUT2D eigenvalue weighted by Gasteiger charge is -2.30. The van der Waals surface area contributed by atoms with Crippen molar-refractivity contribution in [1.29, 1.82) is 0 Å². The molecule has 0 aliphatic carbocycles. The van der Waals surface area contributed by atoms with Crippen LogP contribution in [0.3, 0.4) is 0 Å². The van der Waals surface area contributed by atoms with Gasteiger partial charge in [0.2, 0.25) is 0 Å². The zero-order valence-electron chi connectivity index (χ0n) is 15.3. The molecule has 0 radical (unpaired) electrons. The molecule has 1 aliphatic heterocycles. The third-order valence-electron chi connectivity index (χ3n) is 4.49. The van der Waals surface area contributed by atoms with E-state index >= 15 is 0 Å². The highest BCUT2D eigenvalue weighted by molar-refractivity contribution is 7.92. The molecule has 1 fully saturated rings. The van der Waals surface area contributed by atoms with E-state index in [1.807, 2.05) is 0 Å². The van der Waals surface area contributed by atoms with Gasteiger partial charge >= 0.3 is 5.97 Å². The summed E-state index contributed by atoms with van der Waals surface area (Å²) in [6.45, 7) is 3.77. The molecule has 0 amide bonds. The zero-order chi connectivity index (χ0) is 19.3. The third kappa shape index (κ3) is 4.60. The molecule has 1 saturated heterocycles. The maximum Gasteiger partial charge on any atom is 0.340 e. The number of sulfonamides is 1. The second kappa shape index (κ2) is 8.43. The van der Waals surface area contributed by atoms with Crippen LogP contribution in [0.1, 0.15) is 36.5 Å². The van der Waals surface area contributed by atoms with Gasteiger partial charge in [0.05, 0.1) is 22.8 Å². The van der Waals surface area contributed by atoms with Crippen molar-refractivity contribution < 1.29 is 17.9 Å². The van der Waals surface area contributed by atoms with E-state index in [4.69, 9.17) is 4.74 Å². The van der Waals surface area contributed by atoms with Crippen molar-refractivity contribution in [3.05, 3.63) is 54.1 Å². The number of benzene rings is 2. The lowest BCUT2D eigenvalue weighted by Crippen LogP contribution is -2.31. The van der Waals surface area contributed by atoms with E-state index in [1.54, 1.807) is 43.3 Å². The number of ether oxygens (including phenoxy) is 1. The van der Waals surface area contributed by atoms with Gasteiger partial charge in [-0.1, -0.05) is 18.2 Å². The van der Waals surface area contributed by atoms with Gasteiger partial charge in [-0.25, -0.2) is 13.2 Å². The number of nitrogens with one attached hydrogen (secondary N) is 1. The van der Waals surface area contributed by atoms with Crippen molar-refractivity contribution in [2.75, 3.05) is 29.3 Å². The predicted octanol–water partition coefficient (Wildman–Crippen LogP) is 3.65. The van der Waals surface area contributed by atoms with Gasteiger partial charge in [0.1, 0.15) is 0 Å². The minimum absolute atomic E-state index is 0.169. The van der Waals surface area contributed by atoms with Gasteiger partial charge in [-0.15, -0.1) is 0 Å². The highest BCUT2D eigenvalue weighted by Crippen LogP contribution is 2.29. The van der Waals surface area contributed by atoms with Crippen molar-refractivity contribution in [2.24, 2.45) is 0 Å². The van der Waals surface area contributed by atoms with E-state index in [9.17, 15) is 13.2 Å². The molecular weight excluding hydrogens is 364 g/mol. The largest absolute Gasteiger partial charge is 0.462 e. The van der Waals surface area contributed by atoms with Gasteiger partial charge in [-0.05, 0) is 56.5 Å². The van der Waals surface area contributed by atoms with Crippen LogP contribution < -0.4 is 9.62 Å². The van der Waals surface area contributed by atoms with Crippen molar-refractivity contribution in [3.8, 4) is 0 Å². The fourth-order valence-electron chi connectivity index (χ4n) is 3.20. The highest BCUT2D eigenvalue weighted by Gasteiger charge is 2.21. The Labute approximate surface area is 160 Å². The minimum atomic E-state index is -3.72. The molecule has 0 atom stereocenters. The van der Waals surface area contributed by atoms with Crippen molar-refractivity contribution >= 4 is 27.4 Å². The Morgan fingerprint density at radius 2 is 1.78 bits per heavy atom. The van der Waals surface area contributed by atoms with Crippen LogP contribution in [-0.2, 0) is 14.8 Å². The number of anilines is 2. The van der Waals surface area contributed by atoms with Crippen molar-refractivity contribution in [1.82, 2.24) is 0 Å². The number of esters is 1. The summed E-state index contributed by atoms with van der Waals surface area (Å²) < 4.78 is 32.8. The molecular formula is C20H24N2O4S. The van der Waals surface area contributed by atoms with Crippen LogP contribution in [0.25, 0.3) is 0 Å². The maximum absolute atomic E-state index is 12.6. The molecule has 0 unspecified atom stereocenters. The van der Waals surface area contributed by atoms with Crippen LogP contribution in [0.15, 0.2) is 53.4 Å². The number of carbonyl (C=O) groups excluding carboxylic acids is 1. The number of rotatable bonds is 6. The number of hydrogen-bond donors (Lipinski definition) is 1. The molecule has 1 N–H and O–H groups in total. The quantitative estimate of drug-likeness (QED) is 0.765. The molecule has 2 aromatic carbocycles. The SMILES string of the molecule is CCOC(=O)c1cc(NS(=O)(=O)c2ccccc2)ccc1N1CCCCC1. The van der Waals surface area contributed by atoms with Crippen molar-refractivity contribution in [2.45, 2.75) is 31.1 Å². The average molecular weight is 388 g/mol. The number of carbonyl (C=O) groups is 1. The average Bonchev–Trinajstić information content (AvgIpc) is 2.69. The van der Waals surface area contributed by atoms with Crippen LogP contribution >= 0.6 is 0 Å². The fraction of sp³-hybridized carbons (Fsp3) is 0.350. The zero-order valence-corrected chi connectivity index (χ0v) is 16.2. The molecule has 0 saturated carbocycles. The molecule has 7 heteroatoms. The molecule has 27 heavy (non-hydrogen) atoms. The minimum Gasteiger partial charge on any atom is -0.462 e. The lowest BCUT2D eigenvalue weighted by atomic mass is 10.1. The van der Waals surface area contributed by atoms with Gasteiger partial charge in [0.25, 0.3) is 10.0 Å². The Bertz CT molecular complexity index is 891. The summed E-state index contributed by atoms with van der Waals surface area (Å²) in [7, 11) is -3.72. The van der Waals surface area contributed by atoms with E-state index in [0.717, 1.165) is 31.6 Å². The van der Waals surface area contributed by atoms with Crippen LogP contribution in [0, 0.1) is 0 Å². The van der Waals surface area contributed by atoms with E-state index < -0.39 is 16.0 Å². The Hall–Kier alpha value is -2.54. The summed E-state index contributed by atoms with van der Waals surface area (Å²) in [4.78, 5) is 14.8. The normalized spacial score (nSPS) is 14.6. The number of piperidine rings is 1. The van der Waals surface area contributed by atoms with Gasteiger partial charge < -0.3 is 9.64 Å². The molecule has 0 bridgehead atoms. The van der Waals surface area contributed by atoms with E-state index in [1.165, 1.54) is 18.6 Å².